The van der Waals surface area contributed by atoms with Crippen molar-refractivity contribution in [3.8, 4) is 5.75 Å². The Labute approximate surface area is 76.8 Å². The van der Waals surface area contributed by atoms with Crippen LogP contribution in [0.1, 0.15) is 5.69 Å². The zero-order valence-corrected chi connectivity index (χ0v) is 7.87. The Morgan fingerprint density at radius 1 is 1.62 bits per heavy atom. The van der Waals surface area contributed by atoms with Gasteiger partial charge >= 0.3 is 0 Å². The second-order valence-corrected chi connectivity index (χ2v) is 2.91. The van der Waals surface area contributed by atoms with Crippen LogP contribution in [0.2, 0.25) is 0 Å². The summed E-state index contributed by atoms with van der Waals surface area (Å²) in [6.45, 7) is 3.28. The van der Waals surface area contributed by atoms with Gasteiger partial charge in [-0.2, -0.15) is 0 Å². The molecule has 4 heteroatoms. The molecule has 0 aliphatic carbocycles. The van der Waals surface area contributed by atoms with E-state index in [2.05, 4.69) is 5.32 Å². The van der Waals surface area contributed by atoms with E-state index in [0.29, 0.717) is 5.69 Å². The zero-order valence-electron chi connectivity index (χ0n) is 7.87. The number of nitrogens with zero attached hydrogens (tertiary/aromatic N) is 1. The van der Waals surface area contributed by atoms with Crippen LogP contribution in [0.4, 0.5) is 0 Å². The second kappa shape index (κ2) is 4.09. The molecule has 0 amide bonds. The molecule has 4 nitrogen and oxygen atoms in total. The van der Waals surface area contributed by atoms with Gasteiger partial charge in [-0.05, 0) is 14.0 Å². The lowest BCUT2D eigenvalue weighted by Gasteiger charge is -2.10. The molecular formula is C9H14N2O2. The van der Waals surface area contributed by atoms with Gasteiger partial charge in [0.1, 0.15) is 0 Å². The molecule has 0 atom stereocenters. The number of nitrogens with one attached hydrogen (secondary N) is 1. The molecule has 0 saturated heterocycles. The molecule has 13 heavy (non-hydrogen) atoms. The smallest absolute Gasteiger partial charge is 0.223 e. The normalized spacial score (nSPS) is 10.3. The van der Waals surface area contributed by atoms with Gasteiger partial charge in [0, 0.05) is 25.4 Å². The number of aromatic nitrogens is 1. The van der Waals surface area contributed by atoms with Crippen LogP contribution in [-0.2, 0) is 6.54 Å². The molecule has 0 unspecified atom stereocenters. The molecule has 0 aliphatic rings. The molecule has 0 aliphatic heterocycles. The Morgan fingerprint density at radius 2 is 2.31 bits per heavy atom. The fourth-order valence-electron chi connectivity index (χ4n) is 1.14. The van der Waals surface area contributed by atoms with Crippen molar-refractivity contribution in [1.82, 2.24) is 9.88 Å². The van der Waals surface area contributed by atoms with E-state index in [1.165, 1.54) is 6.07 Å². The second-order valence-electron chi connectivity index (χ2n) is 2.91. The van der Waals surface area contributed by atoms with Gasteiger partial charge in [0.05, 0.1) is 5.69 Å². The summed E-state index contributed by atoms with van der Waals surface area (Å²) in [5, 5.41) is 12.3. The van der Waals surface area contributed by atoms with E-state index >= 15 is 0 Å². The highest BCUT2D eigenvalue weighted by Gasteiger charge is 2.03. The van der Waals surface area contributed by atoms with Crippen molar-refractivity contribution >= 4 is 0 Å². The number of hydrogen-bond acceptors (Lipinski definition) is 3. The van der Waals surface area contributed by atoms with Crippen molar-refractivity contribution in [3.63, 3.8) is 0 Å². The first-order chi connectivity index (χ1) is 6.16. The van der Waals surface area contributed by atoms with E-state index in [1.54, 1.807) is 13.1 Å². The molecule has 0 bridgehead atoms. The van der Waals surface area contributed by atoms with Crippen LogP contribution in [0.25, 0.3) is 0 Å². The minimum atomic E-state index is -0.321. The highest BCUT2D eigenvalue weighted by Crippen LogP contribution is 2.08. The van der Waals surface area contributed by atoms with Crippen molar-refractivity contribution < 1.29 is 5.11 Å². The summed E-state index contributed by atoms with van der Waals surface area (Å²) in [7, 11) is 1.86. The van der Waals surface area contributed by atoms with Crippen molar-refractivity contribution in [1.29, 1.82) is 0 Å². The van der Waals surface area contributed by atoms with Gasteiger partial charge in [-0.25, -0.2) is 0 Å². The maximum absolute atomic E-state index is 11.0. The Morgan fingerprint density at radius 3 is 2.92 bits per heavy atom. The molecule has 1 aromatic heterocycles. The summed E-state index contributed by atoms with van der Waals surface area (Å²) in [5.41, 5.74) is 0.293. The first kappa shape index (κ1) is 9.80. The molecule has 0 saturated carbocycles. The van der Waals surface area contributed by atoms with Crippen LogP contribution >= 0.6 is 0 Å². The Bertz CT molecular complexity index is 344. The van der Waals surface area contributed by atoms with Gasteiger partial charge in [0.25, 0.3) is 0 Å². The summed E-state index contributed by atoms with van der Waals surface area (Å²) < 4.78 is 1.84. The largest absolute Gasteiger partial charge is 0.503 e. The number of aromatic hydroxyl groups is 1. The number of hydrogen-bond donors (Lipinski definition) is 2. The average Bonchev–Trinajstić information content (AvgIpc) is 2.13. The van der Waals surface area contributed by atoms with Crippen molar-refractivity contribution in [3.05, 3.63) is 28.2 Å². The zero-order chi connectivity index (χ0) is 9.84. The summed E-state index contributed by atoms with van der Waals surface area (Å²) in [6, 6.07) is 1.37. The van der Waals surface area contributed by atoms with Crippen LogP contribution in [0.5, 0.6) is 5.75 Å². The summed E-state index contributed by atoms with van der Waals surface area (Å²) in [5.74, 6) is -0.154. The lowest BCUT2D eigenvalue weighted by atomic mass is 10.3. The van der Waals surface area contributed by atoms with Crippen LogP contribution in [0.3, 0.4) is 0 Å². The third-order valence-corrected chi connectivity index (χ3v) is 2.02. The van der Waals surface area contributed by atoms with E-state index in [1.807, 2.05) is 11.6 Å². The van der Waals surface area contributed by atoms with E-state index in [9.17, 15) is 9.90 Å². The van der Waals surface area contributed by atoms with Crippen LogP contribution in [0, 0.1) is 6.92 Å². The molecule has 0 aromatic carbocycles. The third-order valence-electron chi connectivity index (χ3n) is 2.02. The van der Waals surface area contributed by atoms with Crippen molar-refractivity contribution in [2.45, 2.75) is 13.5 Å². The lowest BCUT2D eigenvalue weighted by Crippen LogP contribution is -2.18. The van der Waals surface area contributed by atoms with Gasteiger partial charge in [-0.3, -0.25) is 4.79 Å². The molecule has 1 aromatic rings. The van der Waals surface area contributed by atoms with Crippen LogP contribution in [-0.4, -0.2) is 23.3 Å². The fraction of sp³-hybridized carbons (Fsp3) is 0.444. The SMILES string of the molecule is CNCCn1ccc(=O)c(O)c1C. The predicted molar refractivity (Wildman–Crippen MR) is 51.0 cm³/mol. The first-order valence-corrected chi connectivity index (χ1v) is 4.20. The highest BCUT2D eigenvalue weighted by molar-refractivity contribution is 5.25. The van der Waals surface area contributed by atoms with E-state index < -0.39 is 0 Å². The van der Waals surface area contributed by atoms with E-state index in [-0.39, 0.29) is 11.2 Å². The average molecular weight is 182 g/mol. The van der Waals surface area contributed by atoms with Gasteiger partial charge < -0.3 is 15.0 Å². The molecule has 1 heterocycles. The predicted octanol–water partition coefficient (Wildman–Crippen LogP) is 0.0817. The molecule has 0 spiro atoms. The quantitative estimate of drug-likeness (QED) is 0.696. The van der Waals surface area contributed by atoms with Gasteiger partial charge in [-0.15, -0.1) is 0 Å². The van der Waals surface area contributed by atoms with E-state index in [0.717, 1.165) is 13.1 Å². The molecule has 0 fully saturated rings. The van der Waals surface area contributed by atoms with Crippen molar-refractivity contribution in [2.24, 2.45) is 0 Å². The molecule has 0 radical (unpaired) electrons. The topological polar surface area (TPSA) is 54.3 Å². The monoisotopic (exact) mass is 182 g/mol. The lowest BCUT2D eigenvalue weighted by molar-refractivity contribution is 0.452. The van der Waals surface area contributed by atoms with Crippen molar-refractivity contribution in [2.75, 3.05) is 13.6 Å². The third kappa shape index (κ3) is 2.09. The Hall–Kier alpha value is -1.29. The van der Waals surface area contributed by atoms with E-state index in [4.69, 9.17) is 0 Å². The fourth-order valence-corrected chi connectivity index (χ4v) is 1.14. The highest BCUT2D eigenvalue weighted by atomic mass is 16.3. The Kier molecular flexibility index (Phi) is 3.08. The minimum Gasteiger partial charge on any atom is -0.503 e. The molecular weight excluding hydrogens is 168 g/mol. The number of pyridine rings is 1. The van der Waals surface area contributed by atoms with Crippen LogP contribution in [0.15, 0.2) is 17.1 Å². The maximum Gasteiger partial charge on any atom is 0.223 e. The summed E-state index contributed by atoms with van der Waals surface area (Å²) in [4.78, 5) is 11.0. The minimum absolute atomic E-state index is 0.154. The molecule has 2 N–H and O–H groups in total. The number of rotatable bonds is 3. The van der Waals surface area contributed by atoms with Gasteiger partial charge in [0.15, 0.2) is 5.75 Å². The molecule has 72 valence electrons. The maximum atomic E-state index is 11.0. The number of likely N-dealkylation sites (N-methyl/N-ethyl adjacent to an activating group) is 1. The molecule has 1 rings (SSSR count). The standard InChI is InChI=1S/C9H14N2O2/c1-7-9(13)8(12)3-5-11(7)6-4-10-2/h3,5,10,13H,4,6H2,1-2H3. The first-order valence-electron chi connectivity index (χ1n) is 4.20. The van der Waals surface area contributed by atoms with Gasteiger partial charge in [-0.1, -0.05) is 0 Å². The van der Waals surface area contributed by atoms with Crippen LogP contribution < -0.4 is 10.7 Å². The summed E-state index contributed by atoms with van der Waals surface area (Å²) >= 11 is 0. The Balaban J connectivity index is 2.97. The van der Waals surface area contributed by atoms with Gasteiger partial charge in [0.2, 0.25) is 5.43 Å². The summed E-state index contributed by atoms with van der Waals surface area (Å²) in [6.07, 6.45) is 1.69.